The van der Waals surface area contributed by atoms with E-state index in [1.165, 1.54) is 44.3 Å². The number of hydrogen-bond donors (Lipinski definition) is 4. The Morgan fingerprint density at radius 3 is 1.71 bits per heavy atom. The third-order valence-corrected chi connectivity index (χ3v) is 10.3. The van der Waals surface area contributed by atoms with E-state index in [0.29, 0.717) is 27.5 Å². The lowest BCUT2D eigenvalue weighted by molar-refractivity contribution is -0.159. The average Bonchev–Trinajstić information content (AvgIpc) is 3.91. The zero-order valence-electron chi connectivity index (χ0n) is 28.6. The molecule has 0 bridgehead atoms. The van der Waals surface area contributed by atoms with Gasteiger partial charge in [-0.3, -0.25) is 9.69 Å². The summed E-state index contributed by atoms with van der Waals surface area (Å²) >= 11 is 0. The number of ketones is 1. The van der Waals surface area contributed by atoms with Crippen LogP contribution >= 0.6 is 0 Å². The fraction of sp³-hybridized carbons (Fsp3) is 0.342. The number of carboxylic acids is 4. The number of hydrogen-bond acceptors (Lipinski definition) is 9. The van der Waals surface area contributed by atoms with E-state index in [1.807, 2.05) is 60.7 Å². The van der Waals surface area contributed by atoms with Crippen LogP contribution in [0.1, 0.15) is 59.2 Å². The van der Waals surface area contributed by atoms with E-state index in [4.69, 9.17) is 44.3 Å². The van der Waals surface area contributed by atoms with Crippen LogP contribution in [-0.2, 0) is 36.4 Å². The van der Waals surface area contributed by atoms with Crippen LogP contribution < -0.4 is 4.74 Å². The van der Waals surface area contributed by atoms with Gasteiger partial charge in [0.15, 0.2) is 5.78 Å². The second-order valence-electron chi connectivity index (χ2n) is 12.3. The molecule has 0 aromatic heterocycles. The van der Waals surface area contributed by atoms with E-state index < -0.39 is 34.7 Å². The van der Waals surface area contributed by atoms with Crippen LogP contribution in [0.2, 0.25) is 0 Å². The second-order valence-corrected chi connectivity index (χ2v) is 13.7. The summed E-state index contributed by atoms with van der Waals surface area (Å²) < 4.78 is 19.7. The summed E-state index contributed by atoms with van der Waals surface area (Å²) in [5.74, 6) is -6.59. The zero-order chi connectivity index (χ0) is 37.6. The molecule has 6 rings (SSSR count). The van der Waals surface area contributed by atoms with Gasteiger partial charge in [-0.25, -0.2) is 23.4 Å². The van der Waals surface area contributed by atoms with E-state index in [0.717, 1.165) is 55.9 Å². The first-order valence-corrected chi connectivity index (χ1v) is 18.1. The number of aryl methyl sites for hydroxylation is 1. The highest BCUT2D eigenvalue weighted by Gasteiger charge is 2.33. The Balaban J connectivity index is 0.000000436. The Morgan fingerprint density at radius 2 is 1.17 bits per heavy atom. The van der Waals surface area contributed by atoms with E-state index in [2.05, 4.69) is 21.9 Å². The Bertz CT molecular complexity index is 1750. The molecule has 0 saturated carbocycles. The van der Waals surface area contributed by atoms with Gasteiger partial charge in [-0.1, -0.05) is 54.6 Å². The van der Waals surface area contributed by atoms with Crippen molar-refractivity contribution in [2.45, 2.75) is 43.4 Å². The molecule has 52 heavy (non-hydrogen) atoms. The number of Topliss-reactive ketones (excluding diaryl/α,β-unsaturated/α-hetero) is 1. The molecule has 2 fully saturated rings. The maximum Gasteiger partial charge on any atom is 0.414 e. The largest absolute Gasteiger partial charge is 0.492 e. The summed E-state index contributed by atoms with van der Waals surface area (Å²) in [7, 11) is -1.43. The summed E-state index contributed by atoms with van der Waals surface area (Å²) in [6.45, 7) is 7.48. The van der Waals surface area contributed by atoms with Crippen molar-refractivity contribution in [2.75, 3.05) is 45.9 Å². The number of carbonyl (C=O) groups excluding carboxylic acids is 1. The molecule has 1 unspecified atom stereocenters. The Hall–Kier alpha value is -5.18. The molecule has 3 heterocycles. The third-order valence-electron chi connectivity index (χ3n) is 8.71. The lowest BCUT2D eigenvalue weighted by Gasteiger charge is -2.15. The number of allylic oxidation sites excluding steroid dienone is 1. The quantitative estimate of drug-likeness (QED) is 0.160. The van der Waals surface area contributed by atoms with Gasteiger partial charge in [0, 0.05) is 23.2 Å². The van der Waals surface area contributed by atoms with Gasteiger partial charge in [0.2, 0.25) is 0 Å². The molecule has 4 N–H and O–H groups in total. The highest BCUT2D eigenvalue weighted by Crippen LogP contribution is 2.43. The van der Waals surface area contributed by atoms with Crippen molar-refractivity contribution >= 4 is 50.9 Å². The van der Waals surface area contributed by atoms with Crippen molar-refractivity contribution in [1.82, 2.24) is 9.80 Å². The smallest absolute Gasteiger partial charge is 0.414 e. The van der Waals surface area contributed by atoms with Crippen LogP contribution in [0.5, 0.6) is 5.75 Å². The van der Waals surface area contributed by atoms with Gasteiger partial charge in [0.05, 0.1) is 20.6 Å². The normalized spacial score (nSPS) is 16.6. The minimum absolute atomic E-state index is 0.0807. The summed E-state index contributed by atoms with van der Waals surface area (Å²) in [5, 5.41) is 29.6. The van der Waals surface area contributed by atoms with Crippen LogP contribution in [-0.4, -0.2) is 110 Å². The van der Waals surface area contributed by atoms with E-state index in [1.54, 1.807) is 0 Å². The van der Waals surface area contributed by atoms with Gasteiger partial charge >= 0.3 is 23.9 Å². The monoisotopic (exact) mass is 734 g/mol. The number of likely N-dealkylation sites (tertiary alicyclic amines) is 2. The van der Waals surface area contributed by atoms with E-state index >= 15 is 0 Å². The molecule has 0 radical (unpaired) electrons. The predicted octanol–water partition coefficient (Wildman–Crippen LogP) is 4.37. The first-order valence-electron chi connectivity index (χ1n) is 17.0. The van der Waals surface area contributed by atoms with Crippen molar-refractivity contribution < 1.29 is 53.3 Å². The van der Waals surface area contributed by atoms with Crippen molar-refractivity contribution in [3.63, 3.8) is 0 Å². The first-order chi connectivity index (χ1) is 25.0. The van der Waals surface area contributed by atoms with E-state index in [9.17, 15) is 9.00 Å². The number of benzene rings is 3. The maximum absolute atomic E-state index is 13.9. The highest BCUT2D eigenvalue weighted by atomic mass is 32.2. The second kappa shape index (κ2) is 19.4. The molecule has 1 atom stereocenters. The van der Waals surface area contributed by atoms with Crippen molar-refractivity contribution in [3.05, 3.63) is 95.1 Å². The number of nitrogens with zero attached hydrogens (tertiary/aromatic N) is 2. The number of carboxylic acid groups (broad SMARTS) is 4. The molecule has 3 aromatic carbocycles. The van der Waals surface area contributed by atoms with Crippen LogP contribution in [0.4, 0.5) is 0 Å². The van der Waals surface area contributed by atoms with Gasteiger partial charge in [-0.15, -0.1) is 0 Å². The van der Waals surface area contributed by atoms with Crippen LogP contribution in [0.25, 0.3) is 10.5 Å². The van der Waals surface area contributed by atoms with Gasteiger partial charge in [-0.2, -0.15) is 0 Å². The zero-order valence-corrected chi connectivity index (χ0v) is 29.4. The lowest BCUT2D eigenvalue weighted by atomic mass is 9.94. The SMILES string of the molecule is O=C(C1=C(c2ccc(OCCN3CCCC3)cc2)S(=O)c2ccccc21)c1ccc(CCCN2CCCC2)cc1.O=C(O)C(=O)O.O=C(O)C(=O)O. The minimum atomic E-state index is -1.82. The van der Waals surface area contributed by atoms with Crippen LogP contribution in [0.15, 0.2) is 77.7 Å². The third kappa shape index (κ3) is 11.2. The molecule has 14 heteroatoms. The Morgan fingerprint density at radius 1 is 0.654 bits per heavy atom. The summed E-state index contributed by atoms with van der Waals surface area (Å²) in [6, 6.07) is 23.3. The molecule has 0 amide bonds. The Kier molecular flexibility index (Phi) is 14.8. The minimum Gasteiger partial charge on any atom is -0.492 e. The van der Waals surface area contributed by atoms with E-state index in [-0.39, 0.29) is 5.78 Å². The first kappa shape index (κ1) is 39.6. The number of carbonyl (C=O) groups is 5. The lowest BCUT2D eigenvalue weighted by Crippen LogP contribution is -2.25. The standard InChI is InChI=1S/C34H38N2O3S.2C2H2O4/c37-33(27-13-11-26(12-14-27)8-7-23-35-19-3-4-20-35)32-30-9-1-2-10-31(30)40(38)34(32)28-15-17-29(18-16-28)39-25-24-36-21-5-6-22-36;2*3-1(4)2(5)6/h1-2,9-18H,3-8,19-25H2;2*(H,3,4)(H,5,6). The van der Waals surface area contributed by atoms with Crippen LogP contribution in [0, 0.1) is 0 Å². The van der Waals surface area contributed by atoms with Gasteiger partial charge in [0.25, 0.3) is 0 Å². The van der Waals surface area contributed by atoms with Crippen molar-refractivity contribution in [3.8, 4) is 5.75 Å². The summed E-state index contributed by atoms with van der Waals surface area (Å²) in [4.78, 5) is 56.6. The summed E-state index contributed by atoms with van der Waals surface area (Å²) in [5.41, 5.74) is 3.98. The molecular formula is C38H42N2O11S. The molecule has 3 aliphatic heterocycles. The van der Waals surface area contributed by atoms with Gasteiger partial charge < -0.3 is 30.1 Å². The average molecular weight is 735 g/mol. The molecule has 0 spiro atoms. The molecule has 3 aliphatic rings. The topological polar surface area (TPSA) is 199 Å². The van der Waals surface area contributed by atoms with Crippen molar-refractivity contribution in [1.29, 1.82) is 0 Å². The number of rotatable bonds is 11. The number of aliphatic carboxylic acids is 4. The fourth-order valence-corrected chi connectivity index (χ4v) is 7.65. The highest BCUT2D eigenvalue weighted by molar-refractivity contribution is 7.95. The molecule has 3 aromatic rings. The molecule has 0 aliphatic carbocycles. The fourth-order valence-electron chi connectivity index (χ4n) is 6.12. The van der Waals surface area contributed by atoms with Gasteiger partial charge in [0.1, 0.15) is 12.4 Å². The number of ether oxygens (including phenoxy) is 1. The molecule has 2 saturated heterocycles. The molecule has 13 nitrogen and oxygen atoms in total. The van der Waals surface area contributed by atoms with Gasteiger partial charge in [-0.05, 0) is 101 Å². The maximum atomic E-state index is 13.9. The molecule has 276 valence electrons. The number of fused-ring (bicyclic) bond motifs is 1. The Labute approximate surface area is 303 Å². The molecular weight excluding hydrogens is 692 g/mol. The predicted molar refractivity (Wildman–Crippen MR) is 193 cm³/mol. The van der Waals surface area contributed by atoms with Crippen LogP contribution in [0.3, 0.4) is 0 Å². The van der Waals surface area contributed by atoms with Crippen molar-refractivity contribution in [2.24, 2.45) is 0 Å². The summed E-state index contributed by atoms with van der Waals surface area (Å²) in [6.07, 6.45) is 7.32.